The molecule has 4 heterocycles. The van der Waals surface area contributed by atoms with Crippen LogP contribution in [0, 0.1) is 5.92 Å². The third-order valence-electron chi connectivity index (χ3n) is 12.9. The highest BCUT2D eigenvalue weighted by molar-refractivity contribution is 6.24. The number of phenols is 1. The molecule has 2 N–H and O–H groups in total. The highest BCUT2D eigenvalue weighted by Crippen LogP contribution is 2.66. The number of urea groups is 1. The molecular formula is C49H48N4O6. The number of nitrogens with one attached hydrogen (secondary N) is 1. The molecule has 9 rings (SSSR count). The standard InChI is InChI=1S/C49H48N4O6/c1-32(33-18-8-5-9-19-33)50-48(58)52-39-25-15-14-24-38(39)49(47(52)57)40(45(55)51-30-16-3-2-4-17-31-51)42-46(56)59-43(35-22-12-7-13-23-35)41(34-20-10-6-11-21-34)53(42)44(49)36-26-28-37(54)29-27-36/h5-15,18-29,32,40-44,54H,2-4,16-17,30-31H2,1H3,(H,50,58)/t32-,40-,41-,42-,43+,44+,49-/m1/s1. The first kappa shape index (κ1) is 38.3. The van der Waals surface area contributed by atoms with Crippen molar-refractivity contribution >= 4 is 29.5 Å². The van der Waals surface area contributed by atoms with Gasteiger partial charge in [-0.2, -0.15) is 0 Å². The second-order valence-electron chi connectivity index (χ2n) is 16.2. The molecule has 0 saturated carbocycles. The predicted octanol–water partition coefficient (Wildman–Crippen LogP) is 8.32. The maximum atomic E-state index is 16.2. The molecule has 0 radical (unpaired) electrons. The van der Waals surface area contributed by atoms with Gasteiger partial charge in [-0.25, -0.2) is 9.69 Å². The lowest BCUT2D eigenvalue weighted by Gasteiger charge is -2.46. The largest absolute Gasteiger partial charge is 0.508 e. The number of carbonyl (C=O) groups excluding carboxylic acids is 4. The zero-order valence-corrected chi connectivity index (χ0v) is 33.0. The number of imide groups is 1. The van der Waals surface area contributed by atoms with E-state index in [2.05, 4.69) is 5.32 Å². The number of likely N-dealkylation sites (tertiary alicyclic amines) is 1. The number of rotatable bonds is 6. The van der Waals surface area contributed by atoms with Gasteiger partial charge < -0.3 is 20.1 Å². The van der Waals surface area contributed by atoms with E-state index in [4.69, 9.17) is 4.74 Å². The number of para-hydroxylation sites is 1. The number of esters is 1. The monoisotopic (exact) mass is 788 g/mol. The number of aromatic hydroxyl groups is 1. The van der Waals surface area contributed by atoms with Crippen molar-refractivity contribution in [3.05, 3.63) is 167 Å². The van der Waals surface area contributed by atoms with Crippen molar-refractivity contribution < 1.29 is 29.0 Å². The Morgan fingerprint density at radius 2 is 1.27 bits per heavy atom. The average Bonchev–Trinajstić information content (AvgIpc) is 3.71. The summed E-state index contributed by atoms with van der Waals surface area (Å²) in [5.74, 6) is -2.77. The Morgan fingerprint density at radius 3 is 1.93 bits per heavy atom. The topological polar surface area (TPSA) is 119 Å². The predicted molar refractivity (Wildman–Crippen MR) is 223 cm³/mol. The third-order valence-corrected chi connectivity index (χ3v) is 12.9. The number of fused-ring (bicyclic) bond motifs is 3. The number of hydrogen-bond donors (Lipinski definition) is 2. The Bertz CT molecular complexity index is 2330. The van der Waals surface area contributed by atoms with Gasteiger partial charge in [-0.05, 0) is 65.8 Å². The molecule has 4 aliphatic rings. The molecular weight excluding hydrogens is 741 g/mol. The Balaban J connectivity index is 1.30. The summed E-state index contributed by atoms with van der Waals surface area (Å²) in [5.41, 5.74) is 2.13. The summed E-state index contributed by atoms with van der Waals surface area (Å²) >= 11 is 0. The number of ether oxygens (including phenoxy) is 1. The second-order valence-corrected chi connectivity index (χ2v) is 16.2. The van der Waals surface area contributed by atoms with E-state index >= 15 is 14.4 Å². The molecule has 59 heavy (non-hydrogen) atoms. The van der Waals surface area contributed by atoms with Gasteiger partial charge in [-0.15, -0.1) is 0 Å². The van der Waals surface area contributed by atoms with Crippen LogP contribution in [0.3, 0.4) is 0 Å². The molecule has 4 amide bonds. The van der Waals surface area contributed by atoms with Crippen molar-refractivity contribution in [3.8, 4) is 5.75 Å². The molecule has 3 saturated heterocycles. The molecule has 5 aromatic rings. The number of hydrogen-bond acceptors (Lipinski definition) is 7. The molecule has 1 spiro atoms. The molecule has 0 aliphatic carbocycles. The number of carbonyl (C=O) groups is 4. The highest BCUT2D eigenvalue weighted by Gasteiger charge is 2.76. The van der Waals surface area contributed by atoms with Gasteiger partial charge in [-0.1, -0.05) is 141 Å². The van der Waals surface area contributed by atoms with Crippen molar-refractivity contribution in [3.63, 3.8) is 0 Å². The van der Waals surface area contributed by atoms with Crippen LogP contribution < -0.4 is 10.2 Å². The minimum atomic E-state index is -1.79. The van der Waals surface area contributed by atoms with E-state index < -0.39 is 59.5 Å². The zero-order valence-electron chi connectivity index (χ0n) is 33.0. The Kier molecular flexibility index (Phi) is 10.3. The molecule has 5 aromatic carbocycles. The fourth-order valence-electron chi connectivity index (χ4n) is 10.2. The fourth-order valence-corrected chi connectivity index (χ4v) is 10.2. The summed E-state index contributed by atoms with van der Waals surface area (Å²) in [6, 6.07) is 38.7. The SMILES string of the molecule is C[C@@H](NC(=O)N1C(=O)[C@@]2(c3ccccc31)[C@H](c1ccc(O)cc1)N1[C@H](c3ccccc3)[C@H](c3ccccc3)OC(=O)[C@H]1[C@@H]2C(=O)N1CCCCCCC1)c1ccccc1. The number of anilines is 1. The van der Waals surface area contributed by atoms with E-state index in [0.717, 1.165) is 48.8 Å². The lowest BCUT2D eigenvalue weighted by molar-refractivity contribution is -0.179. The van der Waals surface area contributed by atoms with Crippen LogP contribution in [0.5, 0.6) is 5.75 Å². The Morgan fingerprint density at radius 1 is 0.695 bits per heavy atom. The molecule has 10 nitrogen and oxygen atoms in total. The zero-order chi connectivity index (χ0) is 40.7. The van der Waals surface area contributed by atoms with Gasteiger partial charge in [0.25, 0.3) is 0 Å². The lowest BCUT2D eigenvalue weighted by Crippen LogP contribution is -2.57. The van der Waals surface area contributed by atoms with Crippen LogP contribution in [0.4, 0.5) is 10.5 Å². The minimum absolute atomic E-state index is 0.0273. The van der Waals surface area contributed by atoms with Crippen LogP contribution in [0.25, 0.3) is 0 Å². The number of benzene rings is 5. The molecule has 3 fully saturated rings. The summed E-state index contributed by atoms with van der Waals surface area (Å²) in [7, 11) is 0. The van der Waals surface area contributed by atoms with Crippen LogP contribution >= 0.6 is 0 Å². The highest BCUT2D eigenvalue weighted by atomic mass is 16.6. The van der Waals surface area contributed by atoms with Gasteiger partial charge in [-0.3, -0.25) is 19.3 Å². The van der Waals surface area contributed by atoms with E-state index in [1.165, 1.54) is 4.90 Å². The first-order valence-electron chi connectivity index (χ1n) is 20.8. The molecule has 0 bridgehead atoms. The van der Waals surface area contributed by atoms with Gasteiger partial charge in [0.05, 0.1) is 29.7 Å². The van der Waals surface area contributed by atoms with Gasteiger partial charge in [0, 0.05) is 13.1 Å². The molecule has 300 valence electrons. The van der Waals surface area contributed by atoms with Crippen LogP contribution in [-0.2, 0) is 24.5 Å². The summed E-state index contributed by atoms with van der Waals surface area (Å²) < 4.78 is 6.58. The fraction of sp³-hybridized carbons (Fsp3) is 0.306. The van der Waals surface area contributed by atoms with Crippen LogP contribution in [0.2, 0.25) is 0 Å². The van der Waals surface area contributed by atoms with Gasteiger partial charge in [0.15, 0.2) is 0 Å². The molecule has 10 heteroatoms. The van der Waals surface area contributed by atoms with E-state index in [1.54, 1.807) is 36.4 Å². The lowest BCUT2D eigenvalue weighted by atomic mass is 9.65. The van der Waals surface area contributed by atoms with Crippen molar-refractivity contribution in [2.24, 2.45) is 5.92 Å². The third kappa shape index (κ3) is 6.46. The Labute approximate surface area is 344 Å². The summed E-state index contributed by atoms with van der Waals surface area (Å²) in [4.78, 5) is 67.1. The second kappa shape index (κ2) is 15.8. The number of amides is 4. The van der Waals surface area contributed by atoms with Gasteiger partial charge in [0.1, 0.15) is 23.3 Å². The molecule has 0 aromatic heterocycles. The first-order chi connectivity index (χ1) is 28.8. The van der Waals surface area contributed by atoms with E-state index in [9.17, 15) is 9.90 Å². The maximum absolute atomic E-state index is 16.2. The van der Waals surface area contributed by atoms with Crippen molar-refractivity contribution in [2.45, 2.75) is 74.7 Å². The van der Waals surface area contributed by atoms with E-state index in [1.807, 2.05) is 120 Å². The van der Waals surface area contributed by atoms with Gasteiger partial charge in [0.2, 0.25) is 11.8 Å². The van der Waals surface area contributed by atoms with Crippen molar-refractivity contribution in [1.82, 2.24) is 15.1 Å². The van der Waals surface area contributed by atoms with Crippen LogP contribution in [0.15, 0.2) is 140 Å². The molecule has 4 aliphatic heterocycles. The summed E-state index contributed by atoms with van der Waals surface area (Å²) in [6.07, 6.45) is 3.80. The smallest absolute Gasteiger partial charge is 0.329 e. The van der Waals surface area contributed by atoms with Gasteiger partial charge >= 0.3 is 12.0 Å². The number of nitrogens with zero attached hydrogens (tertiary/aromatic N) is 3. The van der Waals surface area contributed by atoms with Crippen LogP contribution in [-0.4, -0.2) is 57.9 Å². The summed E-state index contributed by atoms with van der Waals surface area (Å²) in [6.45, 7) is 2.84. The van der Waals surface area contributed by atoms with Crippen LogP contribution in [0.1, 0.15) is 91.1 Å². The van der Waals surface area contributed by atoms with E-state index in [0.29, 0.717) is 29.9 Å². The number of cyclic esters (lactones) is 1. The quantitative estimate of drug-likeness (QED) is 0.166. The normalized spacial score (nSPS) is 26.0. The molecule has 0 unspecified atom stereocenters. The maximum Gasteiger partial charge on any atom is 0.329 e. The number of phenolic OH excluding ortho intramolecular Hbond substituents is 1. The van der Waals surface area contributed by atoms with Crippen molar-refractivity contribution in [2.75, 3.05) is 18.0 Å². The number of morpholine rings is 1. The van der Waals surface area contributed by atoms with Crippen molar-refractivity contribution in [1.29, 1.82) is 0 Å². The van der Waals surface area contributed by atoms with E-state index in [-0.39, 0.29) is 11.7 Å². The summed E-state index contributed by atoms with van der Waals surface area (Å²) in [5, 5.41) is 13.7. The first-order valence-corrected chi connectivity index (χ1v) is 20.8. The Hall–Kier alpha value is -6.26. The molecule has 7 atom stereocenters. The average molecular weight is 789 g/mol. The minimum Gasteiger partial charge on any atom is -0.508 e.